The minimum absolute atomic E-state index is 0. The second kappa shape index (κ2) is 12.7. The van der Waals surface area contributed by atoms with E-state index in [1.807, 2.05) is 4.90 Å². The van der Waals surface area contributed by atoms with E-state index in [9.17, 15) is 18.0 Å². The Kier molecular flexibility index (Phi) is 9.54. The predicted molar refractivity (Wildman–Crippen MR) is 141 cm³/mol. The molecule has 3 fully saturated rings. The molecule has 2 aromatic rings. The molecular weight excluding hydrogens is 517 g/mol. The van der Waals surface area contributed by atoms with Gasteiger partial charge in [-0.3, -0.25) is 9.69 Å². The molecule has 0 radical (unpaired) electrons. The number of aromatic nitrogens is 1. The molecule has 1 aliphatic carbocycles. The minimum Gasteiger partial charge on any atom is -0.485 e. The van der Waals surface area contributed by atoms with Gasteiger partial charge in [0.25, 0.3) is 0 Å². The maximum Gasteiger partial charge on any atom is 0.236 e. The summed E-state index contributed by atoms with van der Waals surface area (Å²) in [7, 11) is 0. The number of hydrogen-bond acceptors (Lipinski definition) is 5. The summed E-state index contributed by atoms with van der Waals surface area (Å²) in [5, 5.41) is 3.62. The Morgan fingerprint density at radius 1 is 1.11 bits per heavy atom. The molecule has 1 saturated carbocycles. The predicted octanol–water partition coefficient (Wildman–Crippen LogP) is 4.67. The van der Waals surface area contributed by atoms with Crippen LogP contribution in [0.15, 0.2) is 30.5 Å². The normalized spacial score (nSPS) is 22.7. The Balaban J connectivity index is 0.00000336. The number of ether oxygens (including phenoxy) is 1. The first-order chi connectivity index (χ1) is 17.9. The molecule has 3 aliphatic rings. The van der Waals surface area contributed by atoms with E-state index in [1.165, 1.54) is 18.3 Å². The van der Waals surface area contributed by atoms with Crippen molar-refractivity contribution in [3.8, 4) is 5.75 Å². The van der Waals surface area contributed by atoms with Crippen LogP contribution in [0.2, 0.25) is 0 Å². The van der Waals surface area contributed by atoms with Gasteiger partial charge in [-0.25, -0.2) is 13.8 Å². The first-order valence-corrected chi connectivity index (χ1v) is 13.3. The summed E-state index contributed by atoms with van der Waals surface area (Å²) in [6.07, 6.45) is 6.10. The maximum atomic E-state index is 14.7. The summed E-state index contributed by atoms with van der Waals surface area (Å²) in [6, 6.07) is 5.54. The molecule has 0 spiro atoms. The lowest BCUT2D eigenvalue weighted by atomic mass is 9.99. The first-order valence-electron chi connectivity index (χ1n) is 13.3. The lowest BCUT2D eigenvalue weighted by Crippen LogP contribution is -2.49. The molecule has 1 N–H and O–H groups in total. The fourth-order valence-corrected chi connectivity index (χ4v) is 5.52. The van der Waals surface area contributed by atoms with Gasteiger partial charge in [0.15, 0.2) is 11.6 Å². The van der Waals surface area contributed by atoms with Crippen LogP contribution < -0.4 is 10.1 Å². The molecule has 6 nitrogen and oxygen atoms in total. The quantitative estimate of drug-likeness (QED) is 0.483. The molecule has 1 amide bonds. The highest BCUT2D eigenvalue weighted by Gasteiger charge is 2.42. The highest BCUT2D eigenvalue weighted by molar-refractivity contribution is 5.85. The van der Waals surface area contributed by atoms with Crippen molar-refractivity contribution in [2.75, 3.05) is 32.7 Å². The van der Waals surface area contributed by atoms with Gasteiger partial charge in [-0.1, -0.05) is 6.92 Å². The van der Waals surface area contributed by atoms with Gasteiger partial charge in [-0.05, 0) is 69.3 Å². The number of pyridine rings is 1. The number of rotatable bonds is 8. The van der Waals surface area contributed by atoms with Crippen LogP contribution in [-0.4, -0.2) is 65.5 Å². The highest BCUT2D eigenvalue weighted by Crippen LogP contribution is 2.46. The van der Waals surface area contributed by atoms with Crippen LogP contribution in [0.5, 0.6) is 5.75 Å². The second-order valence-corrected chi connectivity index (χ2v) is 10.8. The molecule has 2 saturated heterocycles. The van der Waals surface area contributed by atoms with E-state index in [2.05, 4.69) is 22.1 Å². The zero-order valence-corrected chi connectivity index (χ0v) is 22.5. The highest BCUT2D eigenvalue weighted by atomic mass is 35.5. The van der Waals surface area contributed by atoms with Crippen LogP contribution in [-0.2, 0) is 11.4 Å². The Hall–Kier alpha value is -2.36. The largest absolute Gasteiger partial charge is 0.485 e. The summed E-state index contributed by atoms with van der Waals surface area (Å²) < 4.78 is 48.3. The van der Waals surface area contributed by atoms with Crippen LogP contribution in [0.25, 0.3) is 0 Å². The van der Waals surface area contributed by atoms with Gasteiger partial charge in [-0.2, -0.15) is 4.39 Å². The second-order valence-electron chi connectivity index (χ2n) is 10.8. The third kappa shape index (κ3) is 6.98. The number of carbonyl (C=O) groups is 1. The van der Waals surface area contributed by atoms with Gasteiger partial charge in [0.2, 0.25) is 11.9 Å². The molecule has 2 atom stereocenters. The van der Waals surface area contributed by atoms with Gasteiger partial charge >= 0.3 is 0 Å². The Labute approximate surface area is 228 Å². The zero-order valence-electron chi connectivity index (χ0n) is 21.7. The molecule has 2 aliphatic heterocycles. The van der Waals surface area contributed by atoms with E-state index in [4.69, 9.17) is 4.74 Å². The zero-order chi connectivity index (χ0) is 25.9. The fourth-order valence-electron chi connectivity index (χ4n) is 5.52. The molecular formula is C28H36ClF3N4O2. The van der Waals surface area contributed by atoms with E-state index in [-0.39, 0.29) is 54.2 Å². The minimum atomic E-state index is -0.792. The van der Waals surface area contributed by atoms with Crippen molar-refractivity contribution in [3.63, 3.8) is 0 Å². The van der Waals surface area contributed by atoms with Crippen molar-refractivity contribution in [1.29, 1.82) is 0 Å². The SMILES string of the molecule is CC1CCN(CC(=O)N2CCC(N[C@@H]3C[C@H]3c3cc(F)cc(F)c3OCc3cccnc3F)CC2)CC1.Cl. The molecule has 10 heteroatoms. The van der Waals surface area contributed by atoms with Gasteiger partial charge in [0, 0.05) is 54.5 Å². The Morgan fingerprint density at radius 3 is 2.55 bits per heavy atom. The van der Waals surface area contributed by atoms with Gasteiger partial charge in [-0.15, -0.1) is 12.4 Å². The van der Waals surface area contributed by atoms with E-state index >= 15 is 0 Å². The van der Waals surface area contributed by atoms with Crippen LogP contribution >= 0.6 is 12.4 Å². The van der Waals surface area contributed by atoms with Crippen molar-refractivity contribution >= 4 is 18.3 Å². The smallest absolute Gasteiger partial charge is 0.236 e. The molecule has 0 bridgehead atoms. The summed E-state index contributed by atoms with van der Waals surface area (Å²) in [5.74, 6) is -1.29. The number of amides is 1. The van der Waals surface area contributed by atoms with Crippen LogP contribution in [0.4, 0.5) is 13.2 Å². The van der Waals surface area contributed by atoms with Crippen LogP contribution in [0.1, 0.15) is 56.1 Å². The first kappa shape index (κ1) is 28.6. The third-order valence-corrected chi connectivity index (χ3v) is 7.97. The summed E-state index contributed by atoms with van der Waals surface area (Å²) in [5.41, 5.74) is 0.668. The lowest BCUT2D eigenvalue weighted by Gasteiger charge is -2.35. The molecule has 5 rings (SSSR count). The maximum absolute atomic E-state index is 14.7. The van der Waals surface area contributed by atoms with Crippen molar-refractivity contribution in [3.05, 3.63) is 59.2 Å². The van der Waals surface area contributed by atoms with Crippen LogP contribution in [0, 0.1) is 23.5 Å². The Morgan fingerprint density at radius 2 is 1.84 bits per heavy atom. The van der Waals surface area contributed by atoms with E-state index < -0.39 is 17.6 Å². The molecule has 1 aromatic carbocycles. The number of carbonyl (C=O) groups excluding carboxylic acids is 1. The number of nitrogens with one attached hydrogen (secondary N) is 1. The molecule has 38 heavy (non-hydrogen) atoms. The van der Waals surface area contributed by atoms with Gasteiger partial charge in [0.1, 0.15) is 12.4 Å². The van der Waals surface area contributed by atoms with Crippen molar-refractivity contribution in [2.24, 2.45) is 5.92 Å². The van der Waals surface area contributed by atoms with Gasteiger partial charge in [0.05, 0.1) is 6.54 Å². The molecule has 0 unspecified atom stereocenters. The molecule has 1 aromatic heterocycles. The summed E-state index contributed by atoms with van der Waals surface area (Å²) >= 11 is 0. The van der Waals surface area contributed by atoms with Crippen molar-refractivity contribution in [1.82, 2.24) is 20.1 Å². The van der Waals surface area contributed by atoms with E-state index in [0.29, 0.717) is 12.1 Å². The summed E-state index contributed by atoms with van der Waals surface area (Å²) in [6.45, 7) is 6.02. The van der Waals surface area contributed by atoms with Crippen molar-refractivity contribution < 1.29 is 22.7 Å². The fraction of sp³-hybridized carbons (Fsp3) is 0.571. The van der Waals surface area contributed by atoms with Crippen molar-refractivity contribution in [2.45, 2.75) is 63.6 Å². The lowest BCUT2D eigenvalue weighted by molar-refractivity contribution is -0.133. The number of hydrogen-bond donors (Lipinski definition) is 1. The average Bonchev–Trinajstić information content (AvgIpc) is 3.64. The molecule has 208 valence electrons. The summed E-state index contributed by atoms with van der Waals surface area (Å²) in [4.78, 5) is 20.6. The molecule has 3 heterocycles. The average molecular weight is 553 g/mol. The standard InChI is InChI=1S/C28H35F3N4O2.ClH/c1-18-4-9-34(10-5-18)16-26(36)35-11-6-21(7-12-35)33-25-15-22(25)23-13-20(29)14-24(30)27(23)37-17-19-3-2-8-32-28(19)31;/h2-3,8,13-14,18,21-22,25,33H,4-7,9-12,15-17H2,1H3;1H/t22-,25+;/m0./s1. The number of piperidine rings is 2. The topological polar surface area (TPSA) is 57.7 Å². The monoisotopic (exact) mass is 552 g/mol. The Bertz CT molecular complexity index is 1110. The van der Waals surface area contributed by atoms with Crippen LogP contribution in [0.3, 0.4) is 0 Å². The van der Waals surface area contributed by atoms with E-state index in [1.54, 1.807) is 6.07 Å². The number of nitrogens with zero attached hydrogens (tertiary/aromatic N) is 3. The third-order valence-electron chi connectivity index (χ3n) is 7.97. The number of halogens is 4. The van der Waals surface area contributed by atoms with E-state index in [0.717, 1.165) is 70.3 Å². The number of benzene rings is 1. The number of likely N-dealkylation sites (tertiary alicyclic amines) is 2. The van der Waals surface area contributed by atoms with Gasteiger partial charge < -0.3 is 15.0 Å².